The first-order chi connectivity index (χ1) is 11.1. The molecule has 9 heteroatoms. The van der Waals surface area contributed by atoms with Gasteiger partial charge < -0.3 is 15.4 Å². The van der Waals surface area contributed by atoms with Crippen LogP contribution in [0.5, 0.6) is 5.75 Å². The molecule has 0 aliphatic rings. The van der Waals surface area contributed by atoms with E-state index in [-0.39, 0.29) is 29.7 Å². The third kappa shape index (κ3) is 9.87. The van der Waals surface area contributed by atoms with Crippen molar-refractivity contribution in [1.29, 1.82) is 0 Å². The number of alkyl halides is 2. The van der Waals surface area contributed by atoms with Crippen LogP contribution in [0, 0.1) is 0 Å². The number of halogens is 4. The highest BCUT2D eigenvalue weighted by atomic mass is 127. The summed E-state index contributed by atoms with van der Waals surface area (Å²) in [6, 6.07) is 4.93. The second-order valence-electron chi connectivity index (χ2n) is 4.68. The molecule has 2 N–H and O–H groups in total. The van der Waals surface area contributed by atoms with E-state index in [0.29, 0.717) is 18.1 Å². The van der Waals surface area contributed by atoms with Gasteiger partial charge in [0.15, 0.2) is 5.96 Å². The average Bonchev–Trinajstić information content (AvgIpc) is 2.52. The van der Waals surface area contributed by atoms with Gasteiger partial charge in [0.1, 0.15) is 5.75 Å². The van der Waals surface area contributed by atoms with Gasteiger partial charge in [0, 0.05) is 30.2 Å². The number of thioether (sulfide) groups is 1. The molecule has 0 saturated carbocycles. The van der Waals surface area contributed by atoms with E-state index >= 15 is 0 Å². The molecule has 1 aromatic carbocycles. The molecule has 0 spiro atoms. The Kier molecular flexibility index (Phi) is 13.8. The lowest BCUT2D eigenvalue weighted by molar-refractivity contribution is -0.0504. The zero-order chi connectivity index (χ0) is 17.1. The minimum Gasteiger partial charge on any atom is -0.434 e. The van der Waals surface area contributed by atoms with Gasteiger partial charge in [-0.3, -0.25) is 4.99 Å². The molecule has 0 amide bonds. The van der Waals surface area contributed by atoms with Gasteiger partial charge in [0.2, 0.25) is 0 Å². The number of ether oxygens (including phenoxy) is 1. The van der Waals surface area contributed by atoms with Gasteiger partial charge in [-0.25, -0.2) is 0 Å². The molecule has 24 heavy (non-hydrogen) atoms. The maximum atomic E-state index is 12.4. The van der Waals surface area contributed by atoms with Crippen molar-refractivity contribution < 1.29 is 13.5 Å². The predicted octanol–water partition coefficient (Wildman–Crippen LogP) is 4.48. The van der Waals surface area contributed by atoms with Crippen molar-refractivity contribution >= 4 is 57.6 Å². The molecule has 0 aliphatic heterocycles. The van der Waals surface area contributed by atoms with Crippen molar-refractivity contribution in [3.8, 4) is 5.75 Å². The fraction of sp³-hybridized carbons (Fsp3) is 0.533. The van der Waals surface area contributed by atoms with Crippen LogP contribution < -0.4 is 15.4 Å². The number of hydrogen-bond acceptors (Lipinski definition) is 3. The zero-order valence-corrected chi connectivity index (χ0v) is 18.4. The summed E-state index contributed by atoms with van der Waals surface area (Å²) in [5.74, 6) is 1.93. The Bertz CT molecular complexity index is 510. The van der Waals surface area contributed by atoms with Gasteiger partial charge in [-0.2, -0.15) is 20.5 Å². The van der Waals surface area contributed by atoms with Crippen molar-refractivity contribution in [3.63, 3.8) is 0 Å². The molecule has 0 aromatic heterocycles. The molecule has 1 aromatic rings. The number of guanidine groups is 1. The van der Waals surface area contributed by atoms with Crippen LogP contribution in [0.15, 0.2) is 27.7 Å². The van der Waals surface area contributed by atoms with Crippen molar-refractivity contribution in [2.75, 3.05) is 25.6 Å². The second kappa shape index (κ2) is 13.9. The summed E-state index contributed by atoms with van der Waals surface area (Å²) < 4.78 is 30.2. The summed E-state index contributed by atoms with van der Waals surface area (Å²) in [6.45, 7) is -1.69. The molecule has 138 valence electrons. The number of hydrogen-bond donors (Lipinski definition) is 2. The monoisotopic (exact) mass is 537 g/mol. The molecular formula is C15H23BrF2IN3OS. The van der Waals surface area contributed by atoms with Gasteiger partial charge in [-0.15, -0.1) is 24.0 Å². The summed E-state index contributed by atoms with van der Waals surface area (Å²) >= 11 is 5.16. The molecule has 4 nitrogen and oxygen atoms in total. The largest absolute Gasteiger partial charge is 0.434 e. The van der Waals surface area contributed by atoms with E-state index in [2.05, 4.69) is 42.5 Å². The maximum Gasteiger partial charge on any atom is 0.387 e. The summed E-state index contributed by atoms with van der Waals surface area (Å²) in [7, 11) is 1.68. The molecular weight excluding hydrogens is 515 g/mol. The smallest absolute Gasteiger partial charge is 0.387 e. The fourth-order valence-corrected chi connectivity index (χ4v) is 2.78. The topological polar surface area (TPSA) is 45.7 Å². The van der Waals surface area contributed by atoms with Crippen LogP contribution in [0.1, 0.15) is 18.4 Å². The lowest BCUT2D eigenvalue weighted by Crippen LogP contribution is -2.37. The molecule has 0 atom stereocenters. The van der Waals surface area contributed by atoms with E-state index in [4.69, 9.17) is 0 Å². The number of unbranched alkanes of at least 4 members (excludes halogenated alkanes) is 1. The summed E-state index contributed by atoms with van der Waals surface area (Å²) in [6.07, 6.45) is 4.28. The highest BCUT2D eigenvalue weighted by molar-refractivity contribution is 14.0. The van der Waals surface area contributed by atoms with Crippen LogP contribution in [-0.2, 0) is 6.54 Å². The quantitative estimate of drug-likeness (QED) is 0.211. The molecule has 0 saturated heterocycles. The Labute approximate surface area is 171 Å². The van der Waals surface area contributed by atoms with Crippen molar-refractivity contribution in [2.24, 2.45) is 4.99 Å². The van der Waals surface area contributed by atoms with Crippen LogP contribution in [0.2, 0.25) is 0 Å². The third-order valence-corrected chi connectivity index (χ3v) is 4.17. The van der Waals surface area contributed by atoms with Crippen molar-refractivity contribution in [2.45, 2.75) is 26.0 Å². The standard InChI is InChI=1S/C15H22BrF2N3OS.HI/c1-19-15(20-7-3-4-8-23-2)21-10-11-9-12(16)5-6-13(11)22-14(17)18;/h5-6,9,14H,3-4,7-8,10H2,1-2H3,(H2,19,20,21);1H. The molecule has 0 bridgehead atoms. The zero-order valence-electron chi connectivity index (χ0n) is 13.7. The normalized spacial score (nSPS) is 11.2. The Morgan fingerprint density at radius 1 is 1.33 bits per heavy atom. The van der Waals surface area contributed by atoms with Crippen LogP contribution in [-0.4, -0.2) is 38.2 Å². The van der Waals surface area contributed by atoms with Crippen LogP contribution in [0.4, 0.5) is 8.78 Å². The lowest BCUT2D eigenvalue weighted by atomic mass is 10.2. The van der Waals surface area contributed by atoms with Crippen molar-refractivity contribution in [1.82, 2.24) is 10.6 Å². The van der Waals surface area contributed by atoms with Gasteiger partial charge >= 0.3 is 6.61 Å². The van der Waals surface area contributed by atoms with Crippen molar-refractivity contribution in [3.05, 3.63) is 28.2 Å². The molecule has 0 unspecified atom stereocenters. The molecule has 0 heterocycles. The average molecular weight is 538 g/mol. The highest BCUT2D eigenvalue weighted by Gasteiger charge is 2.10. The van der Waals surface area contributed by atoms with E-state index in [0.717, 1.165) is 29.6 Å². The number of aliphatic imine (C=N–C) groups is 1. The SMILES string of the molecule is CN=C(NCCCCSC)NCc1cc(Br)ccc1OC(F)F.I. The Balaban J connectivity index is 0.00000529. The van der Waals surface area contributed by atoms with Gasteiger partial charge in [0.05, 0.1) is 0 Å². The third-order valence-electron chi connectivity index (χ3n) is 2.98. The first-order valence-electron chi connectivity index (χ1n) is 7.23. The number of rotatable bonds is 9. The van der Waals surface area contributed by atoms with Crippen LogP contribution in [0.3, 0.4) is 0 Å². The lowest BCUT2D eigenvalue weighted by Gasteiger charge is -2.15. The van der Waals surface area contributed by atoms with E-state index in [9.17, 15) is 8.78 Å². The molecule has 0 fully saturated rings. The highest BCUT2D eigenvalue weighted by Crippen LogP contribution is 2.24. The summed E-state index contributed by atoms with van der Waals surface area (Å²) in [5.41, 5.74) is 0.630. The molecule has 0 radical (unpaired) electrons. The Morgan fingerprint density at radius 3 is 2.71 bits per heavy atom. The predicted molar refractivity (Wildman–Crippen MR) is 112 cm³/mol. The van der Waals surface area contributed by atoms with Crippen LogP contribution in [0.25, 0.3) is 0 Å². The van der Waals surface area contributed by atoms with E-state index in [1.807, 2.05) is 11.8 Å². The number of benzene rings is 1. The molecule has 0 aliphatic carbocycles. The minimum absolute atomic E-state index is 0. The Morgan fingerprint density at radius 2 is 2.08 bits per heavy atom. The summed E-state index contributed by atoms with van der Waals surface area (Å²) in [4.78, 5) is 4.12. The Hall–Kier alpha value is -0.290. The first kappa shape index (κ1) is 23.7. The summed E-state index contributed by atoms with van der Waals surface area (Å²) in [5, 5.41) is 6.31. The van der Waals surface area contributed by atoms with Gasteiger partial charge in [0.25, 0.3) is 0 Å². The fourth-order valence-electron chi connectivity index (χ4n) is 1.87. The second-order valence-corrected chi connectivity index (χ2v) is 6.58. The van der Waals surface area contributed by atoms with E-state index in [1.165, 1.54) is 6.07 Å². The van der Waals surface area contributed by atoms with E-state index < -0.39 is 6.61 Å². The van der Waals surface area contributed by atoms with Crippen LogP contribution >= 0.6 is 51.7 Å². The van der Waals surface area contributed by atoms with Gasteiger partial charge in [-0.05, 0) is 43.0 Å². The molecule has 1 rings (SSSR count). The van der Waals surface area contributed by atoms with E-state index in [1.54, 1.807) is 19.2 Å². The number of nitrogens with one attached hydrogen (secondary N) is 2. The maximum absolute atomic E-state index is 12.4. The first-order valence-corrected chi connectivity index (χ1v) is 9.42. The number of nitrogens with zero attached hydrogens (tertiary/aromatic N) is 1. The minimum atomic E-state index is -2.84. The van der Waals surface area contributed by atoms with Gasteiger partial charge in [-0.1, -0.05) is 15.9 Å².